The molecule has 0 bridgehead atoms. The third-order valence-corrected chi connectivity index (χ3v) is 1.23. The molecule has 0 spiro atoms. The fourth-order valence-electron chi connectivity index (χ4n) is 0.545. The van der Waals surface area contributed by atoms with Crippen molar-refractivity contribution < 1.29 is 9.53 Å². The summed E-state index contributed by atoms with van der Waals surface area (Å²) >= 11 is 0. The molecule has 0 saturated heterocycles. The fraction of sp³-hybridized carbons (Fsp3) is 0.667. The maximum absolute atomic E-state index is 10.9. The highest BCUT2D eigenvalue weighted by Gasteiger charge is 2.08. The van der Waals surface area contributed by atoms with Gasteiger partial charge in [-0.1, -0.05) is 0 Å². The van der Waals surface area contributed by atoms with E-state index < -0.39 is 0 Å². The molecule has 0 aliphatic carbocycles. The number of hydrogen-bond donors (Lipinski definition) is 1. The molecule has 70 valence electrons. The zero-order chi connectivity index (χ0) is 9.78. The normalized spacial score (nSPS) is 12.6. The molecule has 0 aromatic heterocycles. The van der Waals surface area contributed by atoms with Crippen LogP contribution in [0, 0.1) is 0 Å². The zero-order valence-corrected chi connectivity index (χ0v) is 8.39. The van der Waals surface area contributed by atoms with Crippen molar-refractivity contribution in [3.8, 4) is 0 Å². The molecule has 0 fully saturated rings. The summed E-state index contributed by atoms with van der Waals surface area (Å²) in [4.78, 5) is 10.9. The molecular formula is C9H17NO2. The van der Waals surface area contributed by atoms with E-state index in [1.807, 2.05) is 20.8 Å². The summed E-state index contributed by atoms with van der Waals surface area (Å²) < 4.78 is 4.53. The Balaban J connectivity index is 4.10. The summed E-state index contributed by atoms with van der Waals surface area (Å²) in [6.07, 6.45) is 1.67. The predicted octanol–water partition coefficient (Wildman–Crippen LogP) is 1.45. The Hall–Kier alpha value is -0.990. The van der Waals surface area contributed by atoms with Crippen molar-refractivity contribution in [1.82, 2.24) is 5.32 Å². The van der Waals surface area contributed by atoms with E-state index in [-0.39, 0.29) is 11.5 Å². The summed E-state index contributed by atoms with van der Waals surface area (Å²) in [5.41, 5.74) is 0.558. The topological polar surface area (TPSA) is 38.3 Å². The number of esters is 1. The van der Waals surface area contributed by atoms with E-state index in [0.717, 1.165) is 0 Å². The lowest BCUT2D eigenvalue weighted by Crippen LogP contribution is -2.31. The maximum atomic E-state index is 10.9. The highest BCUT2D eigenvalue weighted by molar-refractivity contribution is 5.87. The molecule has 12 heavy (non-hydrogen) atoms. The SMILES string of the molecule is COC(=O)/C(C)=C/NC(C)(C)C. The van der Waals surface area contributed by atoms with Crippen LogP contribution in [0.3, 0.4) is 0 Å². The van der Waals surface area contributed by atoms with E-state index in [4.69, 9.17) is 0 Å². The Labute approximate surface area is 73.8 Å². The van der Waals surface area contributed by atoms with Gasteiger partial charge in [0, 0.05) is 17.3 Å². The van der Waals surface area contributed by atoms with Crippen LogP contribution in [0.4, 0.5) is 0 Å². The molecule has 0 aliphatic rings. The van der Waals surface area contributed by atoms with E-state index >= 15 is 0 Å². The van der Waals surface area contributed by atoms with Crippen LogP contribution in [-0.4, -0.2) is 18.6 Å². The van der Waals surface area contributed by atoms with Gasteiger partial charge in [-0.2, -0.15) is 0 Å². The minimum atomic E-state index is -0.299. The Morgan fingerprint density at radius 1 is 1.42 bits per heavy atom. The van der Waals surface area contributed by atoms with Crippen LogP contribution in [0.15, 0.2) is 11.8 Å². The summed E-state index contributed by atoms with van der Waals surface area (Å²) in [6.45, 7) is 7.78. The number of nitrogens with one attached hydrogen (secondary N) is 1. The van der Waals surface area contributed by atoms with E-state index in [1.165, 1.54) is 7.11 Å². The first-order valence-corrected chi connectivity index (χ1v) is 3.89. The lowest BCUT2D eigenvalue weighted by Gasteiger charge is -2.19. The molecule has 0 aliphatic heterocycles. The molecule has 0 aromatic carbocycles. The van der Waals surface area contributed by atoms with Gasteiger partial charge in [0.25, 0.3) is 0 Å². The molecule has 0 radical (unpaired) electrons. The monoisotopic (exact) mass is 171 g/mol. The van der Waals surface area contributed by atoms with Crippen molar-refractivity contribution in [3.63, 3.8) is 0 Å². The number of ether oxygens (including phenoxy) is 1. The second kappa shape index (κ2) is 4.14. The molecule has 0 atom stereocenters. The Morgan fingerprint density at radius 3 is 2.25 bits per heavy atom. The van der Waals surface area contributed by atoms with Crippen molar-refractivity contribution >= 4 is 5.97 Å². The zero-order valence-electron chi connectivity index (χ0n) is 8.39. The smallest absolute Gasteiger partial charge is 0.334 e. The number of carbonyl (C=O) groups is 1. The van der Waals surface area contributed by atoms with E-state index in [2.05, 4.69) is 10.1 Å². The predicted molar refractivity (Wildman–Crippen MR) is 48.7 cm³/mol. The fourth-order valence-corrected chi connectivity index (χ4v) is 0.545. The van der Waals surface area contributed by atoms with Gasteiger partial charge < -0.3 is 10.1 Å². The average Bonchev–Trinajstić information content (AvgIpc) is 1.97. The maximum Gasteiger partial charge on any atom is 0.334 e. The molecule has 0 saturated carbocycles. The number of carbonyl (C=O) groups excluding carboxylic acids is 1. The van der Waals surface area contributed by atoms with Crippen LogP contribution < -0.4 is 5.32 Å². The lowest BCUT2D eigenvalue weighted by atomic mass is 10.1. The summed E-state index contributed by atoms with van der Waals surface area (Å²) in [5.74, 6) is -0.299. The van der Waals surface area contributed by atoms with Crippen LogP contribution in [0.25, 0.3) is 0 Å². The summed E-state index contributed by atoms with van der Waals surface area (Å²) in [5, 5.41) is 3.07. The first-order chi connectivity index (χ1) is 5.37. The van der Waals surface area contributed by atoms with Gasteiger partial charge >= 0.3 is 5.97 Å². The van der Waals surface area contributed by atoms with E-state index in [1.54, 1.807) is 13.1 Å². The van der Waals surface area contributed by atoms with Gasteiger partial charge in [0.1, 0.15) is 0 Å². The molecule has 0 aromatic rings. The van der Waals surface area contributed by atoms with E-state index in [9.17, 15) is 4.79 Å². The van der Waals surface area contributed by atoms with Crippen molar-refractivity contribution in [2.75, 3.05) is 7.11 Å². The van der Waals surface area contributed by atoms with Crippen molar-refractivity contribution in [2.45, 2.75) is 33.2 Å². The van der Waals surface area contributed by atoms with Crippen molar-refractivity contribution in [3.05, 3.63) is 11.8 Å². The van der Waals surface area contributed by atoms with Gasteiger partial charge in [-0.25, -0.2) is 4.79 Å². The number of rotatable bonds is 2. The minimum Gasteiger partial charge on any atom is -0.466 e. The third kappa shape index (κ3) is 4.77. The second-order valence-electron chi connectivity index (χ2n) is 3.71. The molecule has 0 rings (SSSR count). The van der Waals surface area contributed by atoms with Gasteiger partial charge in [0.15, 0.2) is 0 Å². The first kappa shape index (κ1) is 11.0. The van der Waals surface area contributed by atoms with Crippen molar-refractivity contribution in [1.29, 1.82) is 0 Å². The van der Waals surface area contributed by atoms with Crippen LogP contribution in [0.2, 0.25) is 0 Å². The molecule has 0 unspecified atom stereocenters. The van der Waals surface area contributed by atoms with Gasteiger partial charge in [0.05, 0.1) is 7.11 Å². The Kier molecular flexibility index (Phi) is 3.80. The number of hydrogen-bond acceptors (Lipinski definition) is 3. The molecule has 0 heterocycles. The molecule has 3 nitrogen and oxygen atoms in total. The Morgan fingerprint density at radius 2 is 1.92 bits per heavy atom. The first-order valence-electron chi connectivity index (χ1n) is 3.89. The van der Waals surface area contributed by atoms with Crippen LogP contribution >= 0.6 is 0 Å². The number of methoxy groups -OCH3 is 1. The van der Waals surface area contributed by atoms with Gasteiger partial charge in [-0.15, -0.1) is 0 Å². The highest BCUT2D eigenvalue weighted by Crippen LogP contribution is 2.00. The second-order valence-corrected chi connectivity index (χ2v) is 3.71. The van der Waals surface area contributed by atoms with Gasteiger partial charge in [-0.05, 0) is 27.7 Å². The molecule has 3 heteroatoms. The minimum absolute atomic E-state index is 0.0186. The average molecular weight is 171 g/mol. The standard InChI is InChI=1S/C9H17NO2/c1-7(8(11)12-5)6-10-9(2,3)4/h6,10H,1-5H3/b7-6+. The van der Waals surface area contributed by atoms with E-state index in [0.29, 0.717) is 5.57 Å². The summed E-state index contributed by atoms with van der Waals surface area (Å²) in [7, 11) is 1.37. The lowest BCUT2D eigenvalue weighted by molar-refractivity contribution is -0.136. The highest BCUT2D eigenvalue weighted by atomic mass is 16.5. The third-order valence-electron chi connectivity index (χ3n) is 1.23. The van der Waals surface area contributed by atoms with Crippen LogP contribution in [0.5, 0.6) is 0 Å². The van der Waals surface area contributed by atoms with Crippen LogP contribution in [-0.2, 0) is 9.53 Å². The van der Waals surface area contributed by atoms with Crippen LogP contribution in [0.1, 0.15) is 27.7 Å². The summed E-state index contributed by atoms with van der Waals surface area (Å²) in [6, 6.07) is 0. The molecule has 0 amide bonds. The largest absolute Gasteiger partial charge is 0.466 e. The van der Waals surface area contributed by atoms with Gasteiger partial charge in [-0.3, -0.25) is 0 Å². The quantitative estimate of drug-likeness (QED) is 0.505. The molecular weight excluding hydrogens is 154 g/mol. The van der Waals surface area contributed by atoms with Crippen molar-refractivity contribution in [2.24, 2.45) is 0 Å². The Bertz CT molecular complexity index is 189. The van der Waals surface area contributed by atoms with Gasteiger partial charge in [0.2, 0.25) is 0 Å². The molecule has 1 N–H and O–H groups in total.